The second kappa shape index (κ2) is 3.19. The van der Waals surface area contributed by atoms with E-state index in [0.29, 0.717) is 0 Å². The van der Waals surface area contributed by atoms with E-state index in [1.54, 1.807) is 12.2 Å². The molecule has 4 heteroatoms. The van der Waals surface area contributed by atoms with Crippen LogP contribution in [0.3, 0.4) is 0 Å². The molecule has 0 saturated heterocycles. The van der Waals surface area contributed by atoms with Gasteiger partial charge in [0.2, 0.25) is 0 Å². The first-order valence-electron chi connectivity index (χ1n) is 3.36. The van der Waals surface area contributed by atoms with Gasteiger partial charge in [-0.05, 0) is 0 Å². The van der Waals surface area contributed by atoms with Crippen molar-refractivity contribution in [3.05, 3.63) is 12.2 Å². The zero-order valence-electron chi connectivity index (χ0n) is 5.90. The van der Waals surface area contributed by atoms with Gasteiger partial charge in [0.1, 0.15) is 20.1 Å². The first-order chi connectivity index (χ1) is 4.74. The van der Waals surface area contributed by atoms with Crippen LogP contribution in [0.4, 0.5) is 0 Å². The van der Waals surface area contributed by atoms with Crippen molar-refractivity contribution in [3.8, 4) is 0 Å². The molecule has 0 fully saturated rings. The molecule has 1 unspecified atom stereocenters. The molecule has 2 N–H and O–H groups in total. The van der Waals surface area contributed by atoms with E-state index in [4.69, 9.17) is 14.9 Å². The second-order valence-corrected chi connectivity index (χ2v) is 2.44. The summed E-state index contributed by atoms with van der Waals surface area (Å²) in [5.41, 5.74) is 0. The molecule has 1 heterocycles. The Morgan fingerprint density at radius 3 is 2.70 bits per heavy atom. The Morgan fingerprint density at radius 1 is 1.50 bits per heavy atom. The fourth-order valence-corrected chi connectivity index (χ4v) is 0.947. The normalized spacial score (nSPS) is 40.0. The average Bonchev–Trinajstić information content (AvgIpc) is 1.94. The fourth-order valence-electron chi connectivity index (χ4n) is 0.947. The SMILES string of the molecule is B[C@H]1C=CC(O)[C@@H](CO)O1. The summed E-state index contributed by atoms with van der Waals surface area (Å²) < 4.78 is 5.16. The van der Waals surface area contributed by atoms with E-state index >= 15 is 0 Å². The highest BCUT2D eigenvalue weighted by Crippen LogP contribution is 2.09. The van der Waals surface area contributed by atoms with Crippen LogP contribution in [0.2, 0.25) is 0 Å². The molecule has 0 aromatic heterocycles. The fraction of sp³-hybridized carbons (Fsp3) is 0.667. The number of ether oxygens (including phenoxy) is 1. The molecule has 0 aromatic rings. The van der Waals surface area contributed by atoms with E-state index < -0.39 is 12.2 Å². The molecule has 3 atom stereocenters. The summed E-state index contributed by atoms with van der Waals surface area (Å²) in [6.45, 7) is -0.129. The van der Waals surface area contributed by atoms with Gasteiger partial charge in [-0.1, -0.05) is 12.2 Å². The smallest absolute Gasteiger partial charge is 0.144 e. The van der Waals surface area contributed by atoms with Gasteiger partial charge in [0.05, 0.1) is 6.61 Å². The summed E-state index contributed by atoms with van der Waals surface area (Å²) in [5.74, 6) is 0. The number of hydrogen-bond acceptors (Lipinski definition) is 3. The van der Waals surface area contributed by atoms with E-state index in [1.165, 1.54) is 0 Å². The van der Waals surface area contributed by atoms with Gasteiger partial charge < -0.3 is 14.9 Å². The first-order valence-corrected chi connectivity index (χ1v) is 3.36. The van der Waals surface area contributed by atoms with Crippen LogP contribution in [0.25, 0.3) is 0 Å². The summed E-state index contributed by atoms with van der Waals surface area (Å²) in [4.78, 5) is 0. The highest BCUT2D eigenvalue weighted by molar-refractivity contribution is 6.12. The van der Waals surface area contributed by atoms with Gasteiger partial charge >= 0.3 is 0 Å². The Balaban J connectivity index is 2.53. The van der Waals surface area contributed by atoms with Crippen molar-refractivity contribution >= 4 is 7.85 Å². The standard InChI is InChI=1S/C6H11BO3/c7-6-2-1-4(9)5(3-8)10-6/h1-2,4-6,8-9H,3,7H2/t4?,5-,6-/m1/s1. The van der Waals surface area contributed by atoms with Crippen molar-refractivity contribution in [3.63, 3.8) is 0 Å². The largest absolute Gasteiger partial charge is 0.394 e. The van der Waals surface area contributed by atoms with Gasteiger partial charge in [0.25, 0.3) is 0 Å². The van der Waals surface area contributed by atoms with Gasteiger partial charge in [0.15, 0.2) is 0 Å². The lowest BCUT2D eigenvalue weighted by molar-refractivity contribution is -0.0566. The maximum absolute atomic E-state index is 9.11. The molecule has 3 nitrogen and oxygen atoms in total. The van der Waals surface area contributed by atoms with Crippen LogP contribution in [0.15, 0.2) is 12.2 Å². The Hall–Kier alpha value is -0.315. The molecule has 0 aromatic carbocycles. The number of aliphatic hydroxyl groups is 2. The Labute approximate surface area is 60.7 Å². The van der Waals surface area contributed by atoms with Crippen molar-refractivity contribution < 1.29 is 14.9 Å². The minimum Gasteiger partial charge on any atom is -0.394 e. The predicted molar refractivity (Wildman–Crippen MR) is 39.4 cm³/mol. The van der Waals surface area contributed by atoms with Crippen molar-refractivity contribution in [2.45, 2.75) is 18.2 Å². The van der Waals surface area contributed by atoms with Crippen molar-refractivity contribution in [1.29, 1.82) is 0 Å². The summed E-state index contributed by atoms with van der Waals surface area (Å²) in [6.07, 6.45) is 2.33. The van der Waals surface area contributed by atoms with Crippen LogP contribution < -0.4 is 0 Å². The number of rotatable bonds is 1. The molecule has 0 spiro atoms. The van der Waals surface area contributed by atoms with Gasteiger partial charge in [-0.25, -0.2) is 0 Å². The Morgan fingerprint density at radius 2 is 2.20 bits per heavy atom. The van der Waals surface area contributed by atoms with E-state index in [0.717, 1.165) is 0 Å². The summed E-state index contributed by atoms with van der Waals surface area (Å²) in [5, 5.41) is 17.8. The summed E-state index contributed by atoms with van der Waals surface area (Å²) >= 11 is 0. The van der Waals surface area contributed by atoms with Crippen LogP contribution in [0, 0.1) is 0 Å². The van der Waals surface area contributed by atoms with Crippen LogP contribution in [-0.4, -0.2) is 42.9 Å². The quantitative estimate of drug-likeness (QED) is 0.337. The maximum Gasteiger partial charge on any atom is 0.144 e. The van der Waals surface area contributed by atoms with Crippen molar-refractivity contribution in [2.24, 2.45) is 0 Å². The zero-order valence-corrected chi connectivity index (χ0v) is 5.90. The lowest BCUT2D eigenvalue weighted by Crippen LogP contribution is -2.37. The summed E-state index contributed by atoms with van der Waals surface area (Å²) in [6, 6.07) is 0.000509. The van der Waals surface area contributed by atoms with E-state index in [1.807, 2.05) is 7.85 Å². The molecule has 0 saturated carbocycles. The molecule has 0 amide bonds. The van der Waals surface area contributed by atoms with Crippen molar-refractivity contribution in [1.82, 2.24) is 0 Å². The highest BCUT2D eigenvalue weighted by Gasteiger charge is 2.21. The lowest BCUT2D eigenvalue weighted by Gasteiger charge is -2.26. The van der Waals surface area contributed by atoms with Crippen molar-refractivity contribution in [2.75, 3.05) is 6.61 Å². The molecule has 0 aliphatic carbocycles. The van der Waals surface area contributed by atoms with Gasteiger partial charge in [0, 0.05) is 6.00 Å². The van der Waals surface area contributed by atoms with E-state index in [9.17, 15) is 0 Å². The molecule has 10 heavy (non-hydrogen) atoms. The summed E-state index contributed by atoms with van der Waals surface area (Å²) in [7, 11) is 1.87. The molecular weight excluding hydrogens is 131 g/mol. The molecule has 1 rings (SSSR count). The number of aliphatic hydroxyl groups excluding tert-OH is 2. The van der Waals surface area contributed by atoms with E-state index in [2.05, 4.69) is 0 Å². The Kier molecular flexibility index (Phi) is 2.48. The first kappa shape index (κ1) is 7.79. The third-order valence-electron chi connectivity index (χ3n) is 1.53. The predicted octanol–water partition coefficient (Wildman–Crippen LogP) is -1.75. The molecule has 1 aliphatic heterocycles. The minimum absolute atomic E-state index is 0.000509. The third-order valence-corrected chi connectivity index (χ3v) is 1.53. The van der Waals surface area contributed by atoms with Crippen LogP contribution >= 0.6 is 0 Å². The third kappa shape index (κ3) is 1.59. The molecular formula is C6H11BO3. The average molecular weight is 142 g/mol. The van der Waals surface area contributed by atoms with Gasteiger partial charge in [-0.2, -0.15) is 0 Å². The van der Waals surface area contributed by atoms with Crippen LogP contribution in [0.5, 0.6) is 0 Å². The van der Waals surface area contributed by atoms with E-state index in [-0.39, 0.29) is 12.6 Å². The zero-order chi connectivity index (χ0) is 7.56. The molecule has 56 valence electrons. The second-order valence-electron chi connectivity index (χ2n) is 2.44. The maximum atomic E-state index is 9.11. The molecule has 1 aliphatic rings. The van der Waals surface area contributed by atoms with Crippen LogP contribution in [0.1, 0.15) is 0 Å². The molecule has 0 bridgehead atoms. The minimum atomic E-state index is -0.652. The topological polar surface area (TPSA) is 49.7 Å². The monoisotopic (exact) mass is 142 g/mol. The highest BCUT2D eigenvalue weighted by atomic mass is 16.5. The number of hydrogen-bond donors (Lipinski definition) is 2. The molecule has 0 radical (unpaired) electrons. The van der Waals surface area contributed by atoms with Gasteiger partial charge in [-0.3, -0.25) is 0 Å². The van der Waals surface area contributed by atoms with Gasteiger partial charge in [-0.15, -0.1) is 0 Å². The Bertz CT molecular complexity index is 137. The van der Waals surface area contributed by atoms with Crippen LogP contribution in [-0.2, 0) is 4.74 Å². The lowest BCUT2D eigenvalue weighted by atomic mass is 9.95.